The summed E-state index contributed by atoms with van der Waals surface area (Å²) < 4.78 is 39.7. The van der Waals surface area contributed by atoms with Gasteiger partial charge in [0.25, 0.3) is 15.9 Å². The number of fused-ring (bicyclic) bond motifs is 3. The molecule has 0 unspecified atom stereocenters. The van der Waals surface area contributed by atoms with Crippen LogP contribution in [0.15, 0.2) is 41.3 Å². The summed E-state index contributed by atoms with van der Waals surface area (Å²) in [6.45, 7) is 0.933. The number of rotatable bonds is 4. The highest BCUT2D eigenvalue weighted by atomic mass is 35.5. The summed E-state index contributed by atoms with van der Waals surface area (Å²) in [5.41, 5.74) is 6.28. The van der Waals surface area contributed by atoms with E-state index in [2.05, 4.69) is 5.32 Å². The minimum Gasteiger partial charge on any atom is -0.444 e. The van der Waals surface area contributed by atoms with Crippen molar-refractivity contribution in [2.75, 3.05) is 19.8 Å². The first-order valence-electron chi connectivity index (χ1n) is 15.2. The second-order valence-electron chi connectivity index (χ2n) is 12.1. The molecule has 4 heterocycles. The average Bonchev–Trinajstić information content (AvgIpc) is 3.35. The van der Waals surface area contributed by atoms with E-state index in [1.165, 1.54) is 9.80 Å². The van der Waals surface area contributed by atoms with Crippen molar-refractivity contribution >= 4 is 80.0 Å². The molecule has 5 atom stereocenters. The van der Waals surface area contributed by atoms with E-state index in [4.69, 9.17) is 50.0 Å². The fourth-order valence-corrected chi connectivity index (χ4v) is 9.67. The van der Waals surface area contributed by atoms with Crippen molar-refractivity contribution in [1.82, 2.24) is 19.8 Å². The maximum absolute atomic E-state index is 14.0. The van der Waals surface area contributed by atoms with Gasteiger partial charge in [0, 0.05) is 30.5 Å². The van der Waals surface area contributed by atoms with Crippen LogP contribution in [0, 0.1) is 5.92 Å². The predicted octanol–water partition coefficient (Wildman–Crippen LogP) is 3.20. The molecule has 1 saturated heterocycles. The number of hydrogen-bond acceptors (Lipinski definition) is 10. The van der Waals surface area contributed by atoms with E-state index in [0.717, 1.165) is 28.5 Å². The second kappa shape index (κ2) is 13.8. The van der Waals surface area contributed by atoms with Gasteiger partial charge < -0.3 is 25.4 Å². The zero-order valence-corrected chi connectivity index (χ0v) is 29.2. The molecule has 1 aliphatic carbocycles. The number of ether oxygens (including phenoxy) is 2. The molecule has 0 bridgehead atoms. The molecule has 13 nitrogen and oxygen atoms in total. The molecule has 18 heteroatoms. The molecule has 2 aromatic rings. The number of halogens is 3. The number of benzene rings is 1. The van der Waals surface area contributed by atoms with Crippen LogP contribution in [0.25, 0.3) is 0 Å². The van der Waals surface area contributed by atoms with Crippen molar-refractivity contribution in [2.45, 2.75) is 67.4 Å². The Morgan fingerprint density at radius 1 is 1.17 bits per heavy atom. The van der Waals surface area contributed by atoms with Gasteiger partial charge in [-0.05, 0) is 42.5 Å². The number of thiophene rings is 1. The number of nitrogens with zero attached hydrogens (tertiary/aromatic N) is 2. The smallest absolute Gasteiger partial charge is 0.410 e. The zero-order chi connectivity index (χ0) is 34.4. The summed E-state index contributed by atoms with van der Waals surface area (Å²) in [4.78, 5) is 56.8. The number of hydrogen-bond donors (Lipinski definition) is 3. The summed E-state index contributed by atoms with van der Waals surface area (Å²) in [5, 5.41) is 3.27. The standard InChI is InChI=1S/C30H32Cl3N5O8S2/c31-20-6-3-4-16-13-37(15-19(16)20)29(42)46-18-10-22-26(39)35-30(28(41)36-48(43,44)23-11-24(32)47-25(23)33)12-17(30)5-1-2-8-45-9-7-21(34)27(40)38(22)14-18/h1,3-6,11,17-18,21-22H,2,7-10,12-15,34H2,(H,35,39)(H,36,41)/b5-1-/t17-,18-,21+,22+,30-/m1/s1. The normalized spacial score (nSPS) is 28.3. The average molecular weight is 761 g/mol. The molecule has 4 N–H and O–H groups in total. The van der Waals surface area contributed by atoms with Crippen molar-refractivity contribution in [1.29, 1.82) is 0 Å². The molecular weight excluding hydrogens is 729 g/mol. The number of carbonyl (C=O) groups is 4. The molecular formula is C30H32Cl3N5O8S2. The Hall–Kier alpha value is -2.92. The van der Waals surface area contributed by atoms with Crippen molar-refractivity contribution < 1.29 is 37.1 Å². The number of carbonyl (C=O) groups excluding carboxylic acids is 4. The number of nitrogens with one attached hydrogen (secondary N) is 2. The lowest BCUT2D eigenvalue weighted by molar-refractivity contribution is -0.140. The van der Waals surface area contributed by atoms with Gasteiger partial charge >= 0.3 is 6.09 Å². The van der Waals surface area contributed by atoms with Gasteiger partial charge in [0.05, 0.1) is 30.1 Å². The Labute approximate surface area is 295 Å². The Morgan fingerprint density at radius 2 is 1.96 bits per heavy atom. The van der Waals surface area contributed by atoms with Gasteiger partial charge in [0.1, 0.15) is 26.9 Å². The van der Waals surface area contributed by atoms with Crippen molar-refractivity contribution in [2.24, 2.45) is 11.7 Å². The number of amides is 4. The molecule has 1 aromatic carbocycles. The summed E-state index contributed by atoms with van der Waals surface area (Å²) in [6, 6.07) is 4.36. The first kappa shape index (κ1) is 34.9. The monoisotopic (exact) mass is 759 g/mol. The summed E-state index contributed by atoms with van der Waals surface area (Å²) in [7, 11) is -4.45. The molecule has 1 aromatic heterocycles. The van der Waals surface area contributed by atoms with Gasteiger partial charge in [-0.3, -0.25) is 19.3 Å². The van der Waals surface area contributed by atoms with Gasteiger partial charge in [-0.2, -0.15) is 0 Å². The lowest BCUT2D eigenvalue weighted by Crippen LogP contribution is -2.57. The minimum atomic E-state index is -4.45. The van der Waals surface area contributed by atoms with Crippen LogP contribution in [0.4, 0.5) is 4.79 Å². The van der Waals surface area contributed by atoms with Crippen LogP contribution < -0.4 is 15.8 Å². The summed E-state index contributed by atoms with van der Waals surface area (Å²) >= 11 is 19.1. The van der Waals surface area contributed by atoms with E-state index in [9.17, 15) is 27.6 Å². The van der Waals surface area contributed by atoms with Gasteiger partial charge in [-0.15, -0.1) is 11.3 Å². The van der Waals surface area contributed by atoms with Gasteiger partial charge in [-0.25, -0.2) is 17.9 Å². The van der Waals surface area contributed by atoms with Crippen LogP contribution in [0.1, 0.15) is 36.8 Å². The summed E-state index contributed by atoms with van der Waals surface area (Å²) in [6.07, 6.45) is 2.67. The fraction of sp³-hybridized carbons (Fsp3) is 0.467. The molecule has 2 fully saturated rings. The van der Waals surface area contributed by atoms with Gasteiger partial charge in [-0.1, -0.05) is 59.1 Å². The lowest BCUT2D eigenvalue weighted by atomic mass is 10.1. The van der Waals surface area contributed by atoms with E-state index in [1.54, 1.807) is 24.3 Å². The maximum atomic E-state index is 14.0. The highest BCUT2D eigenvalue weighted by Crippen LogP contribution is 2.46. The van der Waals surface area contributed by atoms with Crippen molar-refractivity contribution in [3.63, 3.8) is 0 Å². The third-order valence-corrected chi connectivity index (χ3v) is 12.3. The molecule has 0 radical (unpaired) electrons. The van der Waals surface area contributed by atoms with Gasteiger partial charge in [0.15, 0.2) is 0 Å². The van der Waals surface area contributed by atoms with Crippen LogP contribution in [-0.4, -0.2) is 85.5 Å². The Bertz CT molecular complexity index is 1790. The molecule has 0 spiro atoms. The second-order valence-corrected chi connectivity index (χ2v) is 16.4. The maximum Gasteiger partial charge on any atom is 0.410 e. The van der Waals surface area contributed by atoms with E-state index in [-0.39, 0.29) is 59.1 Å². The third-order valence-electron chi connectivity index (χ3n) is 8.90. The Morgan fingerprint density at radius 3 is 2.69 bits per heavy atom. The molecule has 4 amide bonds. The first-order valence-corrected chi connectivity index (χ1v) is 18.6. The minimum absolute atomic E-state index is 0.0758. The highest BCUT2D eigenvalue weighted by Gasteiger charge is 2.61. The molecule has 3 aliphatic heterocycles. The highest BCUT2D eigenvalue weighted by molar-refractivity contribution is 7.90. The number of sulfonamides is 1. The third kappa shape index (κ3) is 7.04. The Balaban J connectivity index is 1.22. The van der Waals surface area contributed by atoms with Crippen molar-refractivity contribution in [3.8, 4) is 0 Å². The molecule has 6 rings (SSSR count). The van der Waals surface area contributed by atoms with Crippen LogP contribution in [0.3, 0.4) is 0 Å². The van der Waals surface area contributed by atoms with Crippen LogP contribution in [0.5, 0.6) is 0 Å². The molecule has 1 saturated carbocycles. The zero-order valence-electron chi connectivity index (χ0n) is 25.3. The SMILES string of the molecule is N[C@H]1CCOCC/C=C\[C@@H]2C[C@@]2(C(=O)NS(=O)(=O)c2cc(Cl)sc2Cl)NC(=O)[C@@H]2C[C@@H](OC(=O)N3Cc4cccc(Cl)c4C3)CN2C1=O. The van der Waals surface area contributed by atoms with E-state index < -0.39 is 63.5 Å². The van der Waals surface area contributed by atoms with E-state index in [0.29, 0.717) is 18.1 Å². The predicted molar refractivity (Wildman–Crippen MR) is 177 cm³/mol. The number of nitrogens with two attached hydrogens (primary N) is 1. The lowest BCUT2D eigenvalue weighted by Gasteiger charge is -2.28. The Kier molecular flexibility index (Phi) is 10.0. The van der Waals surface area contributed by atoms with Crippen LogP contribution >= 0.6 is 46.1 Å². The van der Waals surface area contributed by atoms with Crippen molar-refractivity contribution in [3.05, 3.63) is 61.2 Å². The summed E-state index contributed by atoms with van der Waals surface area (Å²) in [5.74, 6) is -2.82. The van der Waals surface area contributed by atoms with Crippen LogP contribution in [0.2, 0.25) is 13.7 Å². The quantitative estimate of drug-likeness (QED) is 0.395. The molecule has 4 aliphatic rings. The van der Waals surface area contributed by atoms with E-state index >= 15 is 0 Å². The largest absolute Gasteiger partial charge is 0.444 e. The fourth-order valence-electron chi connectivity index (χ4n) is 6.22. The van der Waals surface area contributed by atoms with Crippen LogP contribution in [-0.2, 0) is 47.0 Å². The topological polar surface area (TPSA) is 177 Å². The van der Waals surface area contributed by atoms with E-state index in [1.807, 2.05) is 10.8 Å². The molecule has 258 valence electrons. The van der Waals surface area contributed by atoms with Gasteiger partial charge in [0.2, 0.25) is 11.8 Å². The molecule has 48 heavy (non-hydrogen) atoms. The first-order chi connectivity index (χ1) is 22.8.